The Morgan fingerprint density at radius 3 is 2.17 bits per heavy atom. The predicted molar refractivity (Wildman–Crippen MR) is 110 cm³/mol. The number of likely N-dealkylation sites (N-methyl/N-ethyl adjacent to an activating group) is 1. The van der Waals surface area contributed by atoms with Gasteiger partial charge in [0.2, 0.25) is 10.0 Å². The summed E-state index contributed by atoms with van der Waals surface area (Å²) in [7, 11) is -3.43. The van der Waals surface area contributed by atoms with Crippen LogP contribution < -0.4 is 0 Å². The highest BCUT2D eigenvalue weighted by Crippen LogP contribution is 2.29. The van der Waals surface area contributed by atoms with Gasteiger partial charge < -0.3 is 4.90 Å². The summed E-state index contributed by atoms with van der Waals surface area (Å²) in [6.07, 6.45) is 0.707. The Morgan fingerprint density at radius 1 is 1.03 bits per heavy atom. The van der Waals surface area contributed by atoms with Crippen molar-refractivity contribution in [3.63, 3.8) is 0 Å². The lowest BCUT2D eigenvalue weighted by atomic mass is 10.1. The topological polar surface area (TPSA) is 74.8 Å². The quantitative estimate of drug-likeness (QED) is 0.690. The number of sulfonamides is 1. The maximum absolute atomic E-state index is 14.8. The van der Waals surface area contributed by atoms with Crippen LogP contribution in [0.3, 0.4) is 0 Å². The Morgan fingerprint density at radius 2 is 1.66 bits per heavy atom. The summed E-state index contributed by atoms with van der Waals surface area (Å²) in [6, 6.07) is 10.2. The van der Waals surface area contributed by atoms with Crippen LogP contribution in [0.2, 0.25) is 0 Å². The summed E-state index contributed by atoms with van der Waals surface area (Å²) < 4.78 is 65.6. The lowest BCUT2D eigenvalue weighted by Gasteiger charge is -2.20. The summed E-state index contributed by atoms with van der Waals surface area (Å²) in [5.74, 6) is -0.820. The Balaban J connectivity index is 1.87. The van der Waals surface area contributed by atoms with Crippen molar-refractivity contribution >= 4 is 19.9 Å². The summed E-state index contributed by atoms with van der Waals surface area (Å²) in [6.45, 7) is 2.27. The van der Waals surface area contributed by atoms with E-state index in [0.717, 1.165) is 0 Å². The molecule has 29 heavy (non-hydrogen) atoms. The highest BCUT2D eigenvalue weighted by atomic mass is 32.2. The Hall–Kier alpha value is -1.81. The van der Waals surface area contributed by atoms with Crippen molar-refractivity contribution in [3.05, 3.63) is 48.3 Å². The molecule has 0 bridgehead atoms. The van der Waals surface area contributed by atoms with Crippen LogP contribution in [0.4, 0.5) is 4.39 Å². The van der Waals surface area contributed by atoms with E-state index in [2.05, 4.69) is 0 Å². The molecule has 9 heteroatoms. The van der Waals surface area contributed by atoms with Crippen LogP contribution in [0.25, 0.3) is 11.1 Å². The van der Waals surface area contributed by atoms with E-state index in [1.165, 1.54) is 28.6 Å². The number of hydrogen-bond donors (Lipinski definition) is 0. The van der Waals surface area contributed by atoms with Gasteiger partial charge in [-0.25, -0.2) is 21.2 Å². The molecule has 3 rings (SSSR count). The fourth-order valence-electron chi connectivity index (χ4n) is 3.40. The third-order valence-electron chi connectivity index (χ3n) is 5.33. The van der Waals surface area contributed by atoms with E-state index in [1.54, 1.807) is 25.1 Å². The molecule has 1 atom stereocenters. The number of nitrogens with zero attached hydrogens (tertiary/aromatic N) is 2. The molecule has 2 aromatic carbocycles. The molecule has 1 aliphatic rings. The highest BCUT2D eigenvalue weighted by Gasteiger charge is 2.34. The first-order valence-electron chi connectivity index (χ1n) is 9.35. The molecular formula is C20H25FN2O4S2. The zero-order valence-electron chi connectivity index (χ0n) is 16.7. The molecule has 1 heterocycles. The minimum Gasteiger partial charge on any atom is -0.305 e. The van der Waals surface area contributed by atoms with E-state index < -0.39 is 25.7 Å². The van der Waals surface area contributed by atoms with Gasteiger partial charge in [-0.2, -0.15) is 4.31 Å². The van der Waals surface area contributed by atoms with Gasteiger partial charge in [-0.1, -0.05) is 25.1 Å². The molecule has 0 unspecified atom stereocenters. The molecule has 6 nitrogen and oxygen atoms in total. The van der Waals surface area contributed by atoms with Crippen LogP contribution in [-0.4, -0.2) is 65.0 Å². The van der Waals surface area contributed by atoms with Gasteiger partial charge in [0.15, 0.2) is 9.84 Å². The second kappa shape index (κ2) is 8.14. The standard InChI is InChI=1S/C20H25FN2O4S2/c1-4-28(24,25)18-8-5-15(6-9-18)16-7-10-20(19(21)13-16)29(26,27)23-12-11-17(14-23)22(2)3/h5-10,13,17H,4,11-12,14H2,1-3H3/t17-/m1/s1. The van der Waals surface area contributed by atoms with Crippen molar-refractivity contribution in [2.45, 2.75) is 29.2 Å². The predicted octanol–water partition coefficient (Wildman–Crippen LogP) is 2.61. The molecule has 1 aliphatic heterocycles. The van der Waals surface area contributed by atoms with Gasteiger partial charge in [-0.05, 0) is 55.9 Å². The highest BCUT2D eigenvalue weighted by molar-refractivity contribution is 7.91. The largest absolute Gasteiger partial charge is 0.305 e. The minimum absolute atomic E-state index is 0.00128. The average molecular weight is 441 g/mol. The van der Waals surface area contributed by atoms with Gasteiger partial charge in [0, 0.05) is 19.1 Å². The van der Waals surface area contributed by atoms with Crippen LogP contribution in [0.1, 0.15) is 13.3 Å². The van der Waals surface area contributed by atoms with Crippen LogP contribution >= 0.6 is 0 Å². The van der Waals surface area contributed by atoms with Gasteiger partial charge in [0.1, 0.15) is 10.7 Å². The maximum atomic E-state index is 14.8. The van der Waals surface area contributed by atoms with Crippen LogP contribution in [0.5, 0.6) is 0 Å². The molecule has 1 fully saturated rings. The number of rotatable bonds is 6. The summed E-state index contributed by atoms with van der Waals surface area (Å²) in [5, 5.41) is 0. The number of benzene rings is 2. The molecule has 0 N–H and O–H groups in total. The molecular weight excluding hydrogens is 415 g/mol. The molecule has 0 radical (unpaired) electrons. The molecule has 1 saturated heterocycles. The molecule has 0 spiro atoms. The molecule has 2 aromatic rings. The monoisotopic (exact) mass is 440 g/mol. The first-order valence-corrected chi connectivity index (χ1v) is 12.4. The van der Waals surface area contributed by atoms with E-state index in [-0.39, 0.29) is 21.6 Å². The van der Waals surface area contributed by atoms with E-state index >= 15 is 0 Å². The van der Waals surface area contributed by atoms with Crippen molar-refractivity contribution in [2.24, 2.45) is 0 Å². The van der Waals surface area contributed by atoms with Gasteiger partial charge in [0.25, 0.3) is 0 Å². The van der Waals surface area contributed by atoms with E-state index in [4.69, 9.17) is 0 Å². The van der Waals surface area contributed by atoms with Crippen molar-refractivity contribution in [2.75, 3.05) is 32.9 Å². The number of halogens is 1. The molecule has 0 amide bonds. The number of sulfone groups is 1. The maximum Gasteiger partial charge on any atom is 0.246 e. The normalized spacial score (nSPS) is 18.4. The Labute approximate surface area is 171 Å². The van der Waals surface area contributed by atoms with E-state index in [9.17, 15) is 21.2 Å². The van der Waals surface area contributed by atoms with E-state index in [0.29, 0.717) is 30.6 Å². The zero-order chi connectivity index (χ0) is 21.4. The van der Waals surface area contributed by atoms with Crippen molar-refractivity contribution in [1.82, 2.24) is 9.21 Å². The fraction of sp³-hybridized carbons (Fsp3) is 0.400. The SMILES string of the molecule is CCS(=O)(=O)c1ccc(-c2ccc(S(=O)(=O)N3CC[C@@H](N(C)C)C3)c(F)c2)cc1. The Bertz CT molecular complexity index is 1100. The second-order valence-electron chi connectivity index (χ2n) is 7.34. The third-order valence-corrected chi connectivity index (χ3v) is 8.98. The van der Waals surface area contributed by atoms with E-state index in [1.807, 2.05) is 19.0 Å². The molecule has 0 aliphatic carbocycles. The Kier molecular flexibility index (Phi) is 6.14. The first kappa shape index (κ1) is 21.9. The summed E-state index contributed by atoms with van der Waals surface area (Å²) in [4.78, 5) is 1.83. The van der Waals surface area contributed by atoms with Crippen molar-refractivity contribution in [1.29, 1.82) is 0 Å². The zero-order valence-corrected chi connectivity index (χ0v) is 18.3. The molecule has 158 valence electrons. The van der Waals surface area contributed by atoms with Gasteiger partial charge in [-0.3, -0.25) is 0 Å². The number of hydrogen-bond acceptors (Lipinski definition) is 5. The lowest BCUT2D eigenvalue weighted by molar-refractivity contribution is 0.302. The molecule has 0 aromatic heterocycles. The fourth-order valence-corrected chi connectivity index (χ4v) is 5.82. The first-order chi connectivity index (χ1) is 13.6. The smallest absolute Gasteiger partial charge is 0.246 e. The second-order valence-corrected chi connectivity index (χ2v) is 11.5. The summed E-state index contributed by atoms with van der Waals surface area (Å²) in [5.41, 5.74) is 1.09. The third kappa shape index (κ3) is 4.37. The van der Waals surface area contributed by atoms with Crippen LogP contribution in [0.15, 0.2) is 52.3 Å². The van der Waals surface area contributed by atoms with Crippen LogP contribution in [-0.2, 0) is 19.9 Å². The summed E-state index contributed by atoms with van der Waals surface area (Å²) >= 11 is 0. The van der Waals surface area contributed by atoms with Crippen molar-refractivity contribution in [3.8, 4) is 11.1 Å². The van der Waals surface area contributed by atoms with Gasteiger partial charge in [0.05, 0.1) is 10.6 Å². The minimum atomic E-state index is -3.91. The van der Waals surface area contributed by atoms with Gasteiger partial charge >= 0.3 is 0 Å². The lowest BCUT2D eigenvalue weighted by Crippen LogP contribution is -2.34. The van der Waals surface area contributed by atoms with Crippen LogP contribution in [0, 0.1) is 5.82 Å². The average Bonchev–Trinajstić information content (AvgIpc) is 3.19. The van der Waals surface area contributed by atoms with Crippen molar-refractivity contribution < 1.29 is 21.2 Å². The molecule has 0 saturated carbocycles. The van der Waals surface area contributed by atoms with Gasteiger partial charge in [-0.15, -0.1) is 0 Å².